The number of oxazole rings is 1. The minimum Gasteiger partial charge on any atom is -0.493 e. The Hall–Kier alpha value is -4.06. The van der Waals surface area contributed by atoms with E-state index in [1.54, 1.807) is 43.5 Å². The van der Waals surface area contributed by atoms with E-state index in [1.807, 2.05) is 43.3 Å². The molecule has 1 heterocycles. The fraction of sp³-hybridized carbons (Fsp3) is 0.120. The van der Waals surface area contributed by atoms with Crippen LogP contribution in [0.5, 0.6) is 17.2 Å². The second-order valence-electron chi connectivity index (χ2n) is 6.61. The van der Waals surface area contributed by atoms with Crippen molar-refractivity contribution in [2.24, 2.45) is 0 Å². The number of esters is 1. The number of hydrogen-bond donors (Lipinski definition) is 0. The lowest BCUT2D eigenvalue weighted by atomic mass is 10.2. The van der Waals surface area contributed by atoms with Crippen molar-refractivity contribution >= 4 is 23.1 Å². The summed E-state index contributed by atoms with van der Waals surface area (Å²) in [6, 6.07) is 20.1. The largest absolute Gasteiger partial charge is 0.493 e. The molecule has 156 valence electrons. The van der Waals surface area contributed by atoms with Crippen LogP contribution in [0.25, 0.3) is 28.6 Å². The van der Waals surface area contributed by atoms with Gasteiger partial charge in [-0.15, -0.1) is 0 Å². The molecule has 6 nitrogen and oxygen atoms in total. The monoisotopic (exact) mass is 415 g/mol. The average molecular weight is 415 g/mol. The molecule has 0 bridgehead atoms. The number of ether oxygens (including phenoxy) is 3. The highest BCUT2D eigenvalue weighted by Crippen LogP contribution is 2.29. The maximum absolute atomic E-state index is 12.3. The van der Waals surface area contributed by atoms with Gasteiger partial charge in [-0.1, -0.05) is 24.3 Å². The van der Waals surface area contributed by atoms with Crippen LogP contribution in [0.4, 0.5) is 0 Å². The molecule has 0 N–H and O–H groups in total. The summed E-state index contributed by atoms with van der Waals surface area (Å²) >= 11 is 0. The van der Waals surface area contributed by atoms with Gasteiger partial charge in [0.05, 0.1) is 13.7 Å². The van der Waals surface area contributed by atoms with Crippen molar-refractivity contribution in [3.63, 3.8) is 0 Å². The summed E-state index contributed by atoms with van der Waals surface area (Å²) in [6.07, 6.45) is 3.01. The molecule has 0 saturated carbocycles. The molecule has 0 aliphatic rings. The number of carbonyl (C=O) groups excluding carboxylic acids is 1. The molecule has 0 amide bonds. The molecule has 1 aromatic heterocycles. The molecular formula is C25H21NO5. The number of methoxy groups -OCH3 is 1. The minimum atomic E-state index is -0.505. The summed E-state index contributed by atoms with van der Waals surface area (Å²) in [5.41, 5.74) is 2.90. The second-order valence-corrected chi connectivity index (χ2v) is 6.61. The molecule has 0 aliphatic carbocycles. The van der Waals surface area contributed by atoms with E-state index < -0.39 is 5.97 Å². The highest BCUT2D eigenvalue weighted by molar-refractivity contribution is 5.89. The quantitative estimate of drug-likeness (QED) is 0.225. The number of aromatic nitrogens is 1. The topological polar surface area (TPSA) is 70.8 Å². The molecule has 0 aliphatic heterocycles. The van der Waals surface area contributed by atoms with E-state index in [2.05, 4.69) is 4.98 Å². The number of hydrogen-bond acceptors (Lipinski definition) is 6. The van der Waals surface area contributed by atoms with Crippen LogP contribution in [-0.2, 0) is 4.79 Å². The molecule has 4 rings (SSSR count). The lowest BCUT2D eigenvalue weighted by molar-refractivity contribution is -0.128. The Morgan fingerprint density at radius 2 is 1.87 bits per heavy atom. The van der Waals surface area contributed by atoms with Crippen LogP contribution in [-0.4, -0.2) is 24.7 Å². The lowest BCUT2D eigenvalue weighted by Crippen LogP contribution is -2.03. The minimum absolute atomic E-state index is 0.377. The Morgan fingerprint density at radius 3 is 2.65 bits per heavy atom. The summed E-state index contributed by atoms with van der Waals surface area (Å²) in [4.78, 5) is 16.7. The molecule has 3 aromatic carbocycles. The zero-order valence-electron chi connectivity index (χ0n) is 17.2. The lowest BCUT2D eigenvalue weighted by Gasteiger charge is -2.09. The van der Waals surface area contributed by atoms with Crippen molar-refractivity contribution < 1.29 is 23.4 Å². The number of carbonyl (C=O) groups is 1. The van der Waals surface area contributed by atoms with E-state index in [9.17, 15) is 4.79 Å². The predicted molar refractivity (Wildman–Crippen MR) is 118 cm³/mol. The van der Waals surface area contributed by atoms with Crippen molar-refractivity contribution in [2.45, 2.75) is 6.92 Å². The van der Waals surface area contributed by atoms with Gasteiger partial charge in [0.15, 0.2) is 17.1 Å². The maximum atomic E-state index is 12.3. The first-order chi connectivity index (χ1) is 15.2. The summed E-state index contributed by atoms with van der Waals surface area (Å²) < 4.78 is 22.0. The molecule has 6 heteroatoms. The molecule has 0 saturated heterocycles. The smallest absolute Gasteiger partial charge is 0.336 e. The van der Waals surface area contributed by atoms with Gasteiger partial charge in [0.25, 0.3) is 0 Å². The first-order valence-corrected chi connectivity index (χ1v) is 9.83. The first-order valence-electron chi connectivity index (χ1n) is 9.83. The molecule has 0 atom stereocenters. The fourth-order valence-electron chi connectivity index (χ4n) is 3.05. The summed E-state index contributed by atoms with van der Waals surface area (Å²) in [5, 5.41) is 0. The Morgan fingerprint density at radius 1 is 1.03 bits per heavy atom. The van der Waals surface area contributed by atoms with Gasteiger partial charge in [-0.25, -0.2) is 9.78 Å². The number of nitrogens with zero attached hydrogens (tertiary/aromatic N) is 1. The Labute approximate surface area is 179 Å². The third-order valence-electron chi connectivity index (χ3n) is 4.50. The van der Waals surface area contributed by atoms with Gasteiger partial charge in [-0.2, -0.15) is 0 Å². The molecule has 0 spiro atoms. The Bertz CT molecular complexity index is 1230. The van der Waals surface area contributed by atoms with E-state index in [0.29, 0.717) is 40.8 Å². The predicted octanol–water partition coefficient (Wildman–Crippen LogP) is 5.52. The van der Waals surface area contributed by atoms with Crippen molar-refractivity contribution in [1.82, 2.24) is 4.98 Å². The number of benzene rings is 3. The number of fused-ring (bicyclic) bond motifs is 1. The second kappa shape index (κ2) is 9.17. The van der Waals surface area contributed by atoms with Gasteiger partial charge in [0.1, 0.15) is 11.3 Å². The van der Waals surface area contributed by atoms with Crippen LogP contribution in [0.2, 0.25) is 0 Å². The van der Waals surface area contributed by atoms with Crippen LogP contribution in [0.3, 0.4) is 0 Å². The van der Waals surface area contributed by atoms with Gasteiger partial charge in [0, 0.05) is 17.7 Å². The zero-order chi connectivity index (χ0) is 21.6. The summed E-state index contributed by atoms with van der Waals surface area (Å²) in [6.45, 7) is 2.45. The van der Waals surface area contributed by atoms with E-state index in [0.717, 1.165) is 11.1 Å². The third kappa shape index (κ3) is 4.75. The maximum Gasteiger partial charge on any atom is 0.336 e. The van der Waals surface area contributed by atoms with Crippen LogP contribution in [0.1, 0.15) is 12.5 Å². The van der Waals surface area contributed by atoms with E-state index in [-0.39, 0.29) is 0 Å². The zero-order valence-corrected chi connectivity index (χ0v) is 17.2. The summed E-state index contributed by atoms with van der Waals surface area (Å²) in [5.74, 6) is 1.64. The molecule has 0 fully saturated rings. The number of rotatable bonds is 7. The van der Waals surface area contributed by atoms with Gasteiger partial charge >= 0.3 is 5.97 Å². The van der Waals surface area contributed by atoms with Crippen molar-refractivity contribution in [3.05, 3.63) is 78.4 Å². The van der Waals surface area contributed by atoms with E-state index in [4.69, 9.17) is 18.6 Å². The highest BCUT2D eigenvalue weighted by Gasteiger charge is 2.10. The normalized spacial score (nSPS) is 11.0. The average Bonchev–Trinajstić information content (AvgIpc) is 3.22. The van der Waals surface area contributed by atoms with E-state index in [1.165, 1.54) is 6.08 Å². The van der Waals surface area contributed by atoms with Crippen LogP contribution in [0.15, 0.2) is 77.2 Å². The molecule has 0 radical (unpaired) electrons. The van der Waals surface area contributed by atoms with Crippen LogP contribution in [0, 0.1) is 0 Å². The van der Waals surface area contributed by atoms with Crippen LogP contribution < -0.4 is 14.2 Å². The third-order valence-corrected chi connectivity index (χ3v) is 4.50. The first kappa shape index (κ1) is 20.2. The Kier molecular flexibility index (Phi) is 5.98. The molecule has 4 aromatic rings. The Balaban J connectivity index is 1.47. The molecule has 31 heavy (non-hydrogen) atoms. The van der Waals surface area contributed by atoms with Gasteiger partial charge in [-0.05, 0) is 55.0 Å². The van der Waals surface area contributed by atoms with Crippen molar-refractivity contribution in [1.29, 1.82) is 0 Å². The summed E-state index contributed by atoms with van der Waals surface area (Å²) in [7, 11) is 1.57. The van der Waals surface area contributed by atoms with Gasteiger partial charge in [-0.3, -0.25) is 0 Å². The van der Waals surface area contributed by atoms with Gasteiger partial charge < -0.3 is 18.6 Å². The van der Waals surface area contributed by atoms with Crippen LogP contribution >= 0.6 is 0 Å². The standard InChI is InChI=1S/C25H21NO5/c1-3-29-21-13-9-17(15-23(21)28-2)10-14-24(27)30-19-11-12-20-22(16-19)31-25(26-20)18-7-5-4-6-8-18/h4-16H,3H2,1-2H3/b14-10+. The SMILES string of the molecule is CCOc1ccc(/C=C/C(=O)Oc2ccc3nc(-c4ccccc4)oc3c2)cc1OC. The molecular weight excluding hydrogens is 394 g/mol. The fourth-order valence-corrected chi connectivity index (χ4v) is 3.05. The van der Waals surface area contributed by atoms with Crippen molar-refractivity contribution in [3.8, 4) is 28.7 Å². The van der Waals surface area contributed by atoms with E-state index >= 15 is 0 Å². The molecule has 0 unspecified atom stereocenters. The highest BCUT2D eigenvalue weighted by atomic mass is 16.5. The van der Waals surface area contributed by atoms with Crippen molar-refractivity contribution in [2.75, 3.05) is 13.7 Å². The van der Waals surface area contributed by atoms with Gasteiger partial charge in [0.2, 0.25) is 5.89 Å².